The second kappa shape index (κ2) is 39.9. The Morgan fingerprint density at radius 1 is 0.764 bits per heavy atom. The number of carbonyl (C=O) groups excluding carboxylic acids is 4. The van der Waals surface area contributed by atoms with Crippen LogP contribution < -0.4 is 56.6 Å². The van der Waals surface area contributed by atoms with Crippen molar-refractivity contribution in [2.45, 2.75) is 92.5 Å². The molecule has 0 aromatic rings. The van der Waals surface area contributed by atoms with Crippen LogP contribution in [0.2, 0.25) is 0 Å². The van der Waals surface area contributed by atoms with Gasteiger partial charge < -0.3 is 47.9 Å². The van der Waals surface area contributed by atoms with Crippen molar-refractivity contribution in [3.05, 3.63) is 75.0 Å². The van der Waals surface area contributed by atoms with Crippen LogP contribution in [0.1, 0.15) is 68.2 Å². The number of ether oxygens (including phenoxy) is 1. The molecular formula is C33H62N11NaO9S. The minimum Gasteiger partial charge on any atom is -0.392 e. The van der Waals surface area contributed by atoms with Crippen LogP contribution in [0.3, 0.4) is 0 Å². The fourth-order valence-corrected chi connectivity index (χ4v) is 3.21. The summed E-state index contributed by atoms with van der Waals surface area (Å²) < 4.78 is 30.9. The smallest absolute Gasteiger partial charge is 0.392 e. The number of aliphatic hydroxyl groups is 1. The summed E-state index contributed by atoms with van der Waals surface area (Å²) in [6.07, 6.45) is 2.45. The Morgan fingerprint density at radius 2 is 1.09 bits per heavy atom. The minimum atomic E-state index is -3.47. The largest absolute Gasteiger partial charge is 1.00 e. The van der Waals surface area contributed by atoms with E-state index in [4.69, 9.17) is 32.2 Å². The predicted molar refractivity (Wildman–Crippen MR) is 211 cm³/mol. The van der Waals surface area contributed by atoms with Gasteiger partial charge in [0.15, 0.2) is 0 Å². The average molecular weight is 812 g/mol. The molecule has 55 heavy (non-hydrogen) atoms. The molecule has 22 heteroatoms. The number of aliphatic hydroxyl groups excluding tert-OH is 1. The Labute approximate surface area is 348 Å². The van der Waals surface area contributed by atoms with E-state index >= 15 is 0 Å². The van der Waals surface area contributed by atoms with Gasteiger partial charge in [0.25, 0.3) is 10.1 Å². The summed E-state index contributed by atoms with van der Waals surface area (Å²) in [5.41, 5.74) is 28.7. The van der Waals surface area contributed by atoms with Crippen LogP contribution in [0.25, 0.3) is 26.4 Å². The minimum absolute atomic E-state index is 0. The van der Waals surface area contributed by atoms with Gasteiger partial charge in [-0.05, 0) is 66.8 Å². The molecule has 7 N–H and O–H groups in total. The van der Waals surface area contributed by atoms with Crippen molar-refractivity contribution in [3.63, 3.8) is 0 Å². The van der Waals surface area contributed by atoms with Gasteiger partial charge in [-0.1, -0.05) is 38.4 Å². The van der Waals surface area contributed by atoms with Crippen molar-refractivity contribution in [1.29, 1.82) is 0 Å². The SMILES string of the molecule is C1CCOC1.C=C(C)C(=O)NCC(C)N.C=C(C)C(=O)NCC(C)N=[N+]=[N-].C=C(C)C(=O)NCC(C)O.C=C(C)C(=O)NCC(C)OS(C)(=O)=O.[N-]=[N+]=[N-].[Na+]. The van der Waals surface area contributed by atoms with Gasteiger partial charge in [0, 0.05) is 72.6 Å². The molecule has 1 heterocycles. The molecule has 4 amide bonds. The normalized spacial score (nSPS) is 12.6. The number of nitrogens with zero attached hydrogens (tertiary/aromatic N) is 6. The van der Waals surface area contributed by atoms with Gasteiger partial charge in [-0.3, -0.25) is 28.3 Å². The van der Waals surface area contributed by atoms with E-state index in [0.29, 0.717) is 35.4 Å². The topological polar surface area (TPSA) is 323 Å². The fourth-order valence-electron chi connectivity index (χ4n) is 2.55. The molecule has 0 aromatic carbocycles. The van der Waals surface area contributed by atoms with Crippen LogP contribution in [-0.4, -0.2) is 107 Å². The summed E-state index contributed by atoms with van der Waals surface area (Å²) in [6, 6.07) is -0.221. The quantitative estimate of drug-likeness (QED) is 0.0325. The number of nitrogens with two attached hydrogens (primary N) is 1. The van der Waals surface area contributed by atoms with Crippen molar-refractivity contribution in [1.82, 2.24) is 21.3 Å². The van der Waals surface area contributed by atoms with E-state index < -0.39 is 22.3 Å². The summed E-state index contributed by atoms with van der Waals surface area (Å²) in [6.45, 7) is 30.3. The van der Waals surface area contributed by atoms with Crippen molar-refractivity contribution in [2.75, 3.05) is 45.6 Å². The Kier molecular flexibility index (Phi) is 45.9. The summed E-state index contributed by atoms with van der Waals surface area (Å²) >= 11 is 0. The molecule has 0 saturated carbocycles. The maximum atomic E-state index is 11.0. The van der Waals surface area contributed by atoms with Gasteiger partial charge in [0.2, 0.25) is 23.6 Å². The van der Waals surface area contributed by atoms with Crippen LogP contribution in [0, 0.1) is 0 Å². The van der Waals surface area contributed by atoms with E-state index in [0.717, 1.165) is 19.5 Å². The van der Waals surface area contributed by atoms with E-state index in [1.54, 1.807) is 48.5 Å². The van der Waals surface area contributed by atoms with E-state index in [1.807, 2.05) is 6.92 Å². The summed E-state index contributed by atoms with van der Waals surface area (Å²) in [4.78, 5) is 47.5. The molecule has 0 aromatic heterocycles. The Balaban J connectivity index is -0.000000136. The first-order valence-corrected chi connectivity index (χ1v) is 18.3. The summed E-state index contributed by atoms with van der Waals surface area (Å²) in [7, 11) is -3.47. The fraction of sp³-hybridized carbons (Fsp3) is 0.636. The van der Waals surface area contributed by atoms with E-state index in [9.17, 15) is 27.6 Å². The van der Waals surface area contributed by atoms with Crippen LogP contribution >= 0.6 is 0 Å². The van der Waals surface area contributed by atoms with Crippen molar-refractivity contribution in [3.8, 4) is 0 Å². The van der Waals surface area contributed by atoms with Crippen LogP contribution in [0.5, 0.6) is 0 Å². The molecular weight excluding hydrogens is 749 g/mol. The number of hydrogen-bond donors (Lipinski definition) is 6. The van der Waals surface area contributed by atoms with Gasteiger partial charge in [-0.25, -0.2) is 0 Å². The Bertz CT molecular complexity index is 1330. The molecule has 0 spiro atoms. The number of rotatable bonds is 15. The second-order valence-corrected chi connectivity index (χ2v) is 13.5. The first-order valence-electron chi connectivity index (χ1n) is 16.5. The molecule has 1 rings (SSSR count). The van der Waals surface area contributed by atoms with Gasteiger partial charge in [0.05, 0.1) is 24.5 Å². The molecule has 20 nitrogen and oxygen atoms in total. The summed E-state index contributed by atoms with van der Waals surface area (Å²) in [5.74, 6) is -0.859. The van der Waals surface area contributed by atoms with E-state index in [2.05, 4.69) is 61.8 Å². The maximum absolute atomic E-state index is 11.0. The van der Waals surface area contributed by atoms with E-state index in [-0.39, 0.29) is 78.4 Å². The molecule has 310 valence electrons. The van der Waals surface area contributed by atoms with Crippen molar-refractivity contribution in [2.24, 2.45) is 10.8 Å². The van der Waals surface area contributed by atoms with Crippen LogP contribution in [-0.2, 0) is 38.2 Å². The maximum Gasteiger partial charge on any atom is 1.00 e. The molecule has 1 aliphatic rings. The zero-order valence-corrected chi connectivity index (χ0v) is 37.0. The molecule has 1 saturated heterocycles. The van der Waals surface area contributed by atoms with Gasteiger partial charge in [-0.15, -0.1) is 0 Å². The zero-order valence-electron chi connectivity index (χ0n) is 34.2. The molecule has 4 atom stereocenters. The summed E-state index contributed by atoms with van der Waals surface area (Å²) in [5, 5.41) is 22.3. The zero-order chi connectivity index (χ0) is 43.4. The third-order valence-electron chi connectivity index (χ3n) is 5.22. The third-order valence-corrected chi connectivity index (χ3v) is 5.89. The molecule has 1 aliphatic heterocycles. The number of nitrogens with one attached hydrogen (secondary N) is 4. The first kappa shape index (κ1) is 63.2. The van der Waals surface area contributed by atoms with Crippen molar-refractivity contribution < 1.29 is 71.2 Å². The number of amides is 4. The monoisotopic (exact) mass is 811 g/mol. The van der Waals surface area contributed by atoms with Gasteiger partial charge in [-0.2, -0.15) is 8.42 Å². The third kappa shape index (κ3) is 57.1. The number of azide groups is 1. The van der Waals surface area contributed by atoms with E-state index in [1.165, 1.54) is 17.8 Å². The standard InChI is InChI=1S/C8H15NO4S.C7H12N4O.C7H14N2O.C7H13NO2.C4H8O.N3.Na/c1-6(2)8(10)9-5-7(3)13-14(4,11)12;1-5(2)7(12)9-4-6(3)10-11-8;1-5(2)7(10)9-4-6(3)8;1-5(2)7(10)8-4-6(3)9;1-2-4-5-3-1;1-3-2;/h7H,1,5H2,2-4H3,(H,9,10);6H,1,4H2,2-3H3,(H,9,12);6H,1,4,8H2,2-3H3,(H,9,10);6,9H,1,4H2,2-3H3,(H,8,10);1-4H2;;/q;;;;;-1;+1. The second-order valence-electron chi connectivity index (χ2n) is 11.9. The van der Waals surface area contributed by atoms with Crippen LogP contribution in [0.4, 0.5) is 0 Å². The number of carbonyl (C=O) groups is 4. The Morgan fingerprint density at radius 3 is 1.35 bits per heavy atom. The van der Waals surface area contributed by atoms with Crippen LogP contribution in [0.15, 0.2) is 53.7 Å². The molecule has 1 fully saturated rings. The molecule has 0 aliphatic carbocycles. The first-order chi connectivity index (χ1) is 24.8. The average Bonchev–Trinajstić information content (AvgIpc) is 3.65. The molecule has 4 unspecified atom stereocenters. The van der Waals surface area contributed by atoms with Gasteiger partial charge in [0.1, 0.15) is 0 Å². The molecule has 0 bridgehead atoms. The Hall–Kier alpha value is -3.75. The van der Waals surface area contributed by atoms with Crippen molar-refractivity contribution >= 4 is 33.7 Å². The molecule has 0 radical (unpaired) electrons. The predicted octanol–water partition coefficient (Wildman–Crippen LogP) is 0.173. The number of hydrogen-bond acceptors (Lipinski definition) is 11. The van der Waals surface area contributed by atoms with Gasteiger partial charge >= 0.3 is 29.6 Å².